The standard InChI is InChI=1S/C28H29N3O3.2ClH/c32-23(20-31-25-14-8-7-13-24(25)27(33)28(31)34)19-29-15-17-30(18-16-29)26(21-9-3-1-4-10-21)22-11-5-2-6-12-22;;/h1-14,23,26,32H,15-20H2;2*1H. The van der Waals surface area contributed by atoms with Gasteiger partial charge in [0.1, 0.15) is 0 Å². The predicted octanol–water partition coefficient (Wildman–Crippen LogP) is 3.83. The summed E-state index contributed by atoms with van der Waals surface area (Å²) in [5.74, 6) is -1.05. The lowest BCUT2D eigenvalue weighted by molar-refractivity contribution is -0.114. The van der Waals surface area contributed by atoms with Crippen LogP contribution in [0.1, 0.15) is 27.5 Å². The lowest BCUT2D eigenvalue weighted by Gasteiger charge is -2.40. The number of carbonyl (C=O) groups excluding carboxylic acids is 2. The van der Waals surface area contributed by atoms with Crippen molar-refractivity contribution in [2.45, 2.75) is 12.1 Å². The van der Waals surface area contributed by atoms with E-state index in [4.69, 9.17) is 0 Å². The van der Waals surface area contributed by atoms with E-state index in [-0.39, 0.29) is 37.4 Å². The minimum Gasteiger partial charge on any atom is -0.390 e. The molecule has 0 saturated carbocycles. The third-order valence-corrected chi connectivity index (χ3v) is 6.74. The van der Waals surface area contributed by atoms with E-state index in [1.165, 1.54) is 16.0 Å². The highest BCUT2D eigenvalue weighted by Crippen LogP contribution is 2.30. The average Bonchev–Trinajstić information content (AvgIpc) is 3.11. The van der Waals surface area contributed by atoms with Crippen molar-refractivity contribution in [1.29, 1.82) is 0 Å². The molecule has 6 nitrogen and oxygen atoms in total. The Kier molecular flexibility index (Phi) is 9.65. The molecule has 2 aliphatic heterocycles. The molecule has 1 N–H and O–H groups in total. The molecule has 1 saturated heterocycles. The van der Waals surface area contributed by atoms with Crippen LogP contribution >= 0.6 is 24.8 Å². The van der Waals surface area contributed by atoms with Crippen molar-refractivity contribution < 1.29 is 14.7 Å². The van der Waals surface area contributed by atoms with Crippen LogP contribution in [0.5, 0.6) is 0 Å². The summed E-state index contributed by atoms with van der Waals surface area (Å²) in [7, 11) is 0. The number of aliphatic hydroxyl groups excluding tert-OH is 1. The maximum atomic E-state index is 12.4. The number of halogens is 2. The first kappa shape index (κ1) is 27.8. The van der Waals surface area contributed by atoms with Gasteiger partial charge in [-0.1, -0.05) is 72.8 Å². The van der Waals surface area contributed by atoms with Crippen molar-refractivity contribution in [3.63, 3.8) is 0 Å². The molecule has 0 radical (unpaired) electrons. The second kappa shape index (κ2) is 12.5. The summed E-state index contributed by atoms with van der Waals surface area (Å²) in [5.41, 5.74) is 3.56. The van der Waals surface area contributed by atoms with E-state index in [0.29, 0.717) is 17.8 Å². The fraction of sp³-hybridized carbons (Fsp3) is 0.286. The fourth-order valence-corrected chi connectivity index (χ4v) is 5.08. The van der Waals surface area contributed by atoms with Crippen molar-refractivity contribution in [3.8, 4) is 0 Å². The van der Waals surface area contributed by atoms with Crippen molar-refractivity contribution in [1.82, 2.24) is 9.80 Å². The molecule has 3 aromatic rings. The molecule has 1 atom stereocenters. The number of fused-ring (bicyclic) bond motifs is 1. The molecule has 0 aliphatic carbocycles. The number of amides is 1. The monoisotopic (exact) mass is 527 g/mol. The van der Waals surface area contributed by atoms with Crippen molar-refractivity contribution in [2.75, 3.05) is 44.2 Å². The Hall–Kier alpha value is -2.74. The molecule has 2 heterocycles. The molecule has 0 aromatic heterocycles. The Labute approximate surface area is 224 Å². The Balaban J connectivity index is 0.00000180. The first-order valence-electron chi connectivity index (χ1n) is 11.8. The number of hydrogen-bond acceptors (Lipinski definition) is 5. The molecular weight excluding hydrogens is 497 g/mol. The third-order valence-electron chi connectivity index (χ3n) is 6.74. The summed E-state index contributed by atoms with van der Waals surface area (Å²) < 4.78 is 0. The normalized spacial score (nSPS) is 16.9. The number of β-amino-alcohol motifs (C(OH)–C–C–N with tert-alkyl or cyclic N) is 1. The molecule has 3 aromatic carbocycles. The molecule has 1 fully saturated rings. The van der Waals surface area contributed by atoms with Crippen LogP contribution < -0.4 is 4.90 Å². The van der Waals surface area contributed by atoms with Gasteiger partial charge in [-0.05, 0) is 23.3 Å². The highest BCUT2D eigenvalue weighted by Gasteiger charge is 2.36. The molecule has 190 valence electrons. The molecule has 2 aliphatic rings. The highest BCUT2D eigenvalue weighted by molar-refractivity contribution is 6.52. The number of piperazine rings is 1. The van der Waals surface area contributed by atoms with Crippen LogP contribution in [-0.2, 0) is 4.79 Å². The van der Waals surface area contributed by atoms with E-state index in [1.807, 2.05) is 12.1 Å². The SMILES string of the molecule is Cl.Cl.O=C1C(=O)N(CC(O)CN2CCN(C(c3ccccc3)c3ccccc3)CC2)c2ccccc21. The highest BCUT2D eigenvalue weighted by atomic mass is 35.5. The number of aliphatic hydroxyl groups is 1. The number of rotatable bonds is 7. The lowest BCUT2D eigenvalue weighted by Crippen LogP contribution is -2.51. The van der Waals surface area contributed by atoms with Gasteiger partial charge in [-0.25, -0.2) is 0 Å². The number of anilines is 1. The number of hydrogen-bond donors (Lipinski definition) is 1. The van der Waals surface area contributed by atoms with E-state index in [2.05, 4.69) is 58.3 Å². The molecule has 0 bridgehead atoms. The van der Waals surface area contributed by atoms with Gasteiger partial charge in [-0.2, -0.15) is 0 Å². The number of Topliss-reactive ketones (excluding diaryl/α,β-unsaturated/α-hetero) is 1. The molecule has 8 heteroatoms. The summed E-state index contributed by atoms with van der Waals surface area (Å²) in [6.07, 6.45) is -0.728. The molecule has 36 heavy (non-hydrogen) atoms. The van der Waals surface area contributed by atoms with Crippen molar-refractivity contribution in [2.24, 2.45) is 0 Å². The van der Waals surface area contributed by atoms with E-state index in [1.54, 1.807) is 24.3 Å². The number of nitrogens with zero attached hydrogens (tertiary/aromatic N) is 3. The zero-order chi connectivity index (χ0) is 23.5. The van der Waals surface area contributed by atoms with Crippen LogP contribution in [0.4, 0.5) is 5.69 Å². The fourth-order valence-electron chi connectivity index (χ4n) is 5.08. The number of benzene rings is 3. The van der Waals surface area contributed by atoms with E-state index in [9.17, 15) is 14.7 Å². The molecule has 1 amide bonds. The van der Waals surface area contributed by atoms with Crippen LogP contribution in [0.2, 0.25) is 0 Å². The van der Waals surface area contributed by atoms with Gasteiger partial charge in [-0.15, -0.1) is 24.8 Å². The van der Waals surface area contributed by atoms with Gasteiger partial charge in [0.25, 0.3) is 11.7 Å². The quantitative estimate of drug-likeness (QED) is 0.473. The topological polar surface area (TPSA) is 64.1 Å². The van der Waals surface area contributed by atoms with Crippen molar-refractivity contribution in [3.05, 3.63) is 102 Å². The van der Waals surface area contributed by atoms with Crippen molar-refractivity contribution >= 4 is 42.2 Å². The Morgan fingerprint density at radius 3 is 1.81 bits per heavy atom. The second-order valence-electron chi connectivity index (χ2n) is 8.98. The Morgan fingerprint density at radius 1 is 0.694 bits per heavy atom. The Bertz CT molecular complexity index is 1120. The van der Waals surface area contributed by atoms with Gasteiger partial charge < -0.3 is 10.0 Å². The van der Waals surface area contributed by atoms with Crippen LogP contribution in [0.25, 0.3) is 0 Å². The van der Waals surface area contributed by atoms with Gasteiger partial charge in [0.05, 0.1) is 29.9 Å². The Morgan fingerprint density at radius 2 is 1.22 bits per heavy atom. The average molecular weight is 528 g/mol. The summed E-state index contributed by atoms with van der Waals surface area (Å²) in [6, 6.07) is 28.3. The number of carbonyl (C=O) groups is 2. The zero-order valence-electron chi connectivity index (χ0n) is 19.9. The molecule has 5 rings (SSSR count). The van der Waals surface area contributed by atoms with Crippen LogP contribution in [0.3, 0.4) is 0 Å². The predicted molar refractivity (Wildman–Crippen MR) is 146 cm³/mol. The molecular formula is C28H31Cl2N3O3. The van der Waals surface area contributed by atoms with Gasteiger partial charge >= 0.3 is 0 Å². The minimum absolute atomic E-state index is 0. The van der Waals surface area contributed by atoms with E-state index >= 15 is 0 Å². The first-order valence-corrected chi connectivity index (χ1v) is 11.8. The third kappa shape index (κ3) is 5.80. The molecule has 1 unspecified atom stereocenters. The van der Waals surface area contributed by atoms with Gasteiger partial charge in [0.15, 0.2) is 0 Å². The number of ketones is 1. The summed E-state index contributed by atoms with van der Waals surface area (Å²) in [6.45, 7) is 4.01. The van der Waals surface area contributed by atoms with Crippen LogP contribution in [0.15, 0.2) is 84.9 Å². The van der Waals surface area contributed by atoms with Crippen LogP contribution in [0, 0.1) is 0 Å². The summed E-state index contributed by atoms with van der Waals surface area (Å²) in [4.78, 5) is 30.8. The largest absolute Gasteiger partial charge is 0.390 e. The minimum atomic E-state index is -0.728. The summed E-state index contributed by atoms with van der Waals surface area (Å²) in [5, 5.41) is 10.8. The van der Waals surface area contributed by atoms with Crippen LogP contribution in [-0.4, -0.2) is 72.0 Å². The zero-order valence-corrected chi connectivity index (χ0v) is 21.5. The van der Waals surface area contributed by atoms with Gasteiger partial charge in [0.2, 0.25) is 0 Å². The maximum absolute atomic E-state index is 12.4. The lowest BCUT2D eigenvalue weighted by atomic mass is 9.96. The molecule has 0 spiro atoms. The van der Waals surface area contributed by atoms with E-state index in [0.717, 1.165) is 26.2 Å². The first-order chi connectivity index (χ1) is 16.6. The smallest absolute Gasteiger partial charge is 0.299 e. The van der Waals surface area contributed by atoms with Gasteiger partial charge in [-0.3, -0.25) is 19.4 Å². The van der Waals surface area contributed by atoms with E-state index < -0.39 is 17.8 Å². The van der Waals surface area contributed by atoms with Gasteiger partial charge in [0, 0.05) is 32.7 Å². The number of para-hydroxylation sites is 1. The summed E-state index contributed by atoms with van der Waals surface area (Å²) >= 11 is 0. The second-order valence-corrected chi connectivity index (χ2v) is 8.98. The maximum Gasteiger partial charge on any atom is 0.299 e.